The van der Waals surface area contributed by atoms with Crippen molar-refractivity contribution in [2.24, 2.45) is 0 Å². The standard InChI is InChI=1S/C10H8BrClN2O2/c11-5-4-6(12)7-8(15)13-10(2-1-3-10)14(7)9(5)16/h4H,1-3H2,(H,13,15). The molecule has 1 aromatic rings. The molecule has 0 radical (unpaired) electrons. The summed E-state index contributed by atoms with van der Waals surface area (Å²) in [7, 11) is 0. The first-order chi connectivity index (χ1) is 7.55. The fourth-order valence-corrected chi connectivity index (χ4v) is 3.18. The highest BCUT2D eigenvalue weighted by molar-refractivity contribution is 9.10. The molecule has 1 aliphatic heterocycles. The average Bonchev–Trinajstić information content (AvgIpc) is 2.48. The Balaban J connectivity index is 2.38. The number of hydrogen-bond donors (Lipinski definition) is 1. The van der Waals surface area contributed by atoms with Crippen molar-refractivity contribution in [1.82, 2.24) is 9.88 Å². The van der Waals surface area contributed by atoms with E-state index in [9.17, 15) is 9.59 Å². The van der Waals surface area contributed by atoms with Gasteiger partial charge in [-0.2, -0.15) is 0 Å². The molecule has 0 atom stereocenters. The number of aromatic nitrogens is 1. The van der Waals surface area contributed by atoms with Crippen LogP contribution in [0.25, 0.3) is 0 Å². The number of halogens is 2. The van der Waals surface area contributed by atoms with Crippen molar-refractivity contribution in [2.75, 3.05) is 0 Å². The second-order valence-corrected chi connectivity index (χ2v) is 5.43. The molecule has 0 saturated heterocycles. The van der Waals surface area contributed by atoms with Gasteiger partial charge in [0.2, 0.25) is 0 Å². The number of amides is 1. The molecule has 1 spiro atoms. The summed E-state index contributed by atoms with van der Waals surface area (Å²) in [6.07, 6.45) is 2.59. The van der Waals surface area contributed by atoms with E-state index in [-0.39, 0.29) is 17.2 Å². The van der Waals surface area contributed by atoms with Crippen LogP contribution in [0.4, 0.5) is 0 Å². The van der Waals surface area contributed by atoms with Crippen LogP contribution in [0.3, 0.4) is 0 Å². The summed E-state index contributed by atoms with van der Waals surface area (Å²) in [5.41, 5.74) is -0.427. The Morgan fingerprint density at radius 1 is 1.44 bits per heavy atom. The van der Waals surface area contributed by atoms with Crippen molar-refractivity contribution in [3.05, 3.63) is 31.6 Å². The highest BCUT2D eigenvalue weighted by Gasteiger charge is 2.48. The van der Waals surface area contributed by atoms with E-state index in [4.69, 9.17) is 11.6 Å². The number of hydrogen-bond acceptors (Lipinski definition) is 2. The molecule has 1 amide bonds. The first kappa shape index (κ1) is 10.4. The highest BCUT2D eigenvalue weighted by atomic mass is 79.9. The molecule has 1 N–H and O–H groups in total. The molecule has 0 aromatic carbocycles. The number of rotatable bonds is 0. The Morgan fingerprint density at radius 3 is 2.69 bits per heavy atom. The third-order valence-electron chi connectivity index (χ3n) is 3.28. The fraction of sp³-hybridized carbons (Fsp3) is 0.400. The summed E-state index contributed by atoms with van der Waals surface area (Å²) in [5, 5.41) is 3.17. The van der Waals surface area contributed by atoms with Gasteiger partial charge >= 0.3 is 0 Å². The molecular weight excluding hydrogens is 295 g/mol. The van der Waals surface area contributed by atoms with Crippen LogP contribution in [-0.4, -0.2) is 10.5 Å². The fourth-order valence-electron chi connectivity index (χ4n) is 2.36. The summed E-state index contributed by atoms with van der Waals surface area (Å²) >= 11 is 9.17. The number of fused-ring (bicyclic) bond motifs is 2. The predicted molar refractivity (Wildman–Crippen MR) is 62.7 cm³/mol. The normalized spacial score (nSPS) is 20.5. The summed E-state index contributed by atoms with van der Waals surface area (Å²) < 4.78 is 1.90. The largest absolute Gasteiger partial charge is 0.327 e. The van der Waals surface area contributed by atoms with Crippen molar-refractivity contribution in [1.29, 1.82) is 0 Å². The van der Waals surface area contributed by atoms with E-state index in [0.29, 0.717) is 9.50 Å². The molecule has 84 valence electrons. The zero-order valence-electron chi connectivity index (χ0n) is 8.22. The first-order valence-corrected chi connectivity index (χ1v) is 6.16. The van der Waals surface area contributed by atoms with Gasteiger partial charge in [0.15, 0.2) is 0 Å². The van der Waals surface area contributed by atoms with E-state index in [2.05, 4.69) is 21.2 Å². The van der Waals surface area contributed by atoms with Crippen molar-refractivity contribution >= 4 is 33.4 Å². The number of carbonyl (C=O) groups excluding carboxylic acids is 1. The predicted octanol–water partition coefficient (Wildman–Crippen LogP) is 1.84. The minimum atomic E-state index is -0.517. The van der Waals surface area contributed by atoms with Gasteiger partial charge in [-0.25, -0.2) is 0 Å². The van der Waals surface area contributed by atoms with Crippen LogP contribution in [-0.2, 0) is 5.66 Å². The molecule has 3 rings (SSSR count). The van der Waals surface area contributed by atoms with E-state index >= 15 is 0 Å². The van der Waals surface area contributed by atoms with Crippen LogP contribution >= 0.6 is 27.5 Å². The van der Waals surface area contributed by atoms with Crippen molar-refractivity contribution in [2.45, 2.75) is 24.9 Å². The average molecular weight is 304 g/mol. The first-order valence-electron chi connectivity index (χ1n) is 4.99. The van der Waals surface area contributed by atoms with Crippen LogP contribution < -0.4 is 10.9 Å². The molecule has 1 aliphatic carbocycles. The van der Waals surface area contributed by atoms with Crippen LogP contribution in [0.2, 0.25) is 5.02 Å². The topological polar surface area (TPSA) is 51.1 Å². The molecule has 1 fully saturated rings. The van der Waals surface area contributed by atoms with E-state index in [1.165, 1.54) is 10.6 Å². The van der Waals surface area contributed by atoms with Gasteiger partial charge in [-0.05, 0) is 41.3 Å². The van der Waals surface area contributed by atoms with Gasteiger partial charge in [0, 0.05) is 0 Å². The molecule has 0 unspecified atom stereocenters. The van der Waals surface area contributed by atoms with Gasteiger partial charge in [-0.1, -0.05) is 11.6 Å². The van der Waals surface area contributed by atoms with Crippen LogP contribution in [0, 0.1) is 0 Å². The maximum absolute atomic E-state index is 12.0. The van der Waals surface area contributed by atoms with Gasteiger partial charge in [0.1, 0.15) is 11.4 Å². The lowest BCUT2D eigenvalue weighted by Gasteiger charge is -2.39. The maximum atomic E-state index is 12.0. The molecule has 1 saturated carbocycles. The Hall–Kier alpha value is -0.810. The number of pyridine rings is 1. The smallest absolute Gasteiger partial charge is 0.271 e. The zero-order chi connectivity index (χ0) is 11.5. The summed E-state index contributed by atoms with van der Waals surface area (Å²) in [6, 6.07) is 1.48. The van der Waals surface area contributed by atoms with Gasteiger partial charge in [0.25, 0.3) is 11.5 Å². The third-order valence-corrected chi connectivity index (χ3v) is 4.14. The van der Waals surface area contributed by atoms with Crippen molar-refractivity contribution < 1.29 is 4.79 Å². The lowest BCUT2D eigenvalue weighted by atomic mass is 9.85. The number of carbonyl (C=O) groups is 1. The number of nitrogens with one attached hydrogen (secondary N) is 1. The molecule has 1 aromatic heterocycles. The minimum absolute atomic E-state index is 0.197. The molecule has 2 heterocycles. The maximum Gasteiger partial charge on any atom is 0.271 e. The van der Waals surface area contributed by atoms with E-state index in [1.54, 1.807) is 0 Å². The summed E-state index contributed by atoms with van der Waals surface area (Å²) in [6.45, 7) is 0. The second-order valence-electron chi connectivity index (χ2n) is 4.17. The Bertz CT molecular complexity index is 563. The van der Waals surface area contributed by atoms with Crippen LogP contribution in [0.15, 0.2) is 15.3 Å². The van der Waals surface area contributed by atoms with Gasteiger partial charge in [0.05, 0.1) is 9.50 Å². The van der Waals surface area contributed by atoms with Crippen molar-refractivity contribution in [3.8, 4) is 0 Å². The third kappa shape index (κ3) is 1.10. The monoisotopic (exact) mass is 302 g/mol. The quantitative estimate of drug-likeness (QED) is 0.795. The lowest BCUT2D eigenvalue weighted by Crippen LogP contribution is -2.52. The Labute approximate surface area is 105 Å². The Kier molecular flexibility index (Phi) is 2.01. The number of nitrogens with zero attached hydrogens (tertiary/aromatic N) is 1. The van der Waals surface area contributed by atoms with Gasteiger partial charge in [-0.3, -0.25) is 14.2 Å². The Morgan fingerprint density at radius 2 is 2.12 bits per heavy atom. The minimum Gasteiger partial charge on any atom is -0.327 e. The summed E-state index contributed by atoms with van der Waals surface area (Å²) in [5.74, 6) is -0.255. The highest BCUT2D eigenvalue weighted by Crippen LogP contribution is 2.41. The molecule has 0 bridgehead atoms. The zero-order valence-corrected chi connectivity index (χ0v) is 10.6. The van der Waals surface area contributed by atoms with Gasteiger partial charge < -0.3 is 5.32 Å². The molecule has 2 aliphatic rings. The van der Waals surface area contributed by atoms with E-state index in [1.807, 2.05) is 0 Å². The summed E-state index contributed by atoms with van der Waals surface area (Å²) in [4.78, 5) is 23.8. The lowest BCUT2D eigenvalue weighted by molar-refractivity contribution is 0.0789. The van der Waals surface area contributed by atoms with Crippen LogP contribution in [0.1, 0.15) is 29.8 Å². The molecular formula is C10H8BrClN2O2. The second kappa shape index (κ2) is 3.11. The van der Waals surface area contributed by atoms with Crippen LogP contribution in [0.5, 0.6) is 0 Å². The van der Waals surface area contributed by atoms with Gasteiger partial charge in [-0.15, -0.1) is 0 Å². The van der Waals surface area contributed by atoms with Crippen molar-refractivity contribution in [3.63, 3.8) is 0 Å². The molecule has 6 heteroatoms. The van der Waals surface area contributed by atoms with E-state index in [0.717, 1.165) is 19.3 Å². The SMILES string of the molecule is O=C1NC2(CCC2)n2c1c(Cl)cc(Br)c2=O. The van der Waals surface area contributed by atoms with E-state index < -0.39 is 5.66 Å². The molecule has 16 heavy (non-hydrogen) atoms. The molecule has 4 nitrogen and oxygen atoms in total.